The average Bonchev–Trinajstić information content (AvgIpc) is 2.88. The van der Waals surface area contributed by atoms with E-state index in [0.29, 0.717) is 11.2 Å². The zero-order valence-corrected chi connectivity index (χ0v) is 11.1. The number of imidazole rings is 1. The van der Waals surface area contributed by atoms with Crippen LogP contribution < -0.4 is 11.2 Å². The van der Waals surface area contributed by atoms with Crippen molar-refractivity contribution in [3.8, 4) is 0 Å². The van der Waals surface area contributed by atoms with E-state index in [2.05, 4.69) is 4.98 Å². The summed E-state index contributed by atoms with van der Waals surface area (Å²) >= 11 is 0. The molecule has 0 aromatic carbocycles. The minimum Gasteiger partial charge on any atom is -0.387 e. The van der Waals surface area contributed by atoms with Crippen LogP contribution >= 0.6 is 0 Å². The number of aliphatic hydroxyl groups excluding tert-OH is 1. The van der Waals surface area contributed by atoms with Gasteiger partial charge in [0, 0.05) is 14.1 Å². The van der Waals surface area contributed by atoms with Gasteiger partial charge in [-0.25, -0.2) is 9.78 Å². The second-order valence-corrected chi connectivity index (χ2v) is 4.71. The lowest BCUT2D eigenvalue weighted by molar-refractivity contribution is -0.0163. The van der Waals surface area contributed by atoms with Gasteiger partial charge in [0.25, 0.3) is 5.56 Å². The molecule has 0 radical (unpaired) electrons. The van der Waals surface area contributed by atoms with E-state index < -0.39 is 23.6 Å². The van der Waals surface area contributed by atoms with E-state index in [1.54, 1.807) is 23.8 Å². The molecule has 0 fully saturated rings. The van der Waals surface area contributed by atoms with Crippen molar-refractivity contribution in [2.45, 2.75) is 12.3 Å². The molecule has 2 aromatic rings. The fourth-order valence-corrected chi connectivity index (χ4v) is 2.26. The van der Waals surface area contributed by atoms with Crippen molar-refractivity contribution in [3.63, 3.8) is 0 Å². The van der Waals surface area contributed by atoms with E-state index in [1.165, 1.54) is 17.9 Å². The molecule has 0 bridgehead atoms. The summed E-state index contributed by atoms with van der Waals surface area (Å²) in [6.45, 7) is 0.146. The van der Waals surface area contributed by atoms with Gasteiger partial charge < -0.3 is 9.84 Å². The molecule has 20 heavy (non-hydrogen) atoms. The third kappa shape index (κ3) is 1.73. The van der Waals surface area contributed by atoms with Gasteiger partial charge in [-0.15, -0.1) is 0 Å². The number of aromatic nitrogens is 4. The second kappa shape index (κ2) is 4.43. The van der Waals surface area contributed by atoms with Crippen molar-refractivity contribution in [1.82, 2.24) is 18.7 Å². The first-order valence-corrected chi connectivity index (χ1v) is 6.11. The lowest BCUT2D eigenvalue weighted by Gasteiger charge is -2.22. The fourth-order valence-electron chi connectivity index (χ4n) is 2.26. The fraction of sp³-hybridized carbons (Fsp3) is 0.417. The molecule has 0 saturated carbocycles. The maximum Gasteiger partial charge on any atom is 0.332 e. The molecule has 0 unspecified atom stereocenters. The van der Waals surface area contributed by atoms with Crippen molar-refractivity contribution in [2.75, 3.05) is 6.61 Å². The van der Waals surface area contributed by atoms with Gasteiger partial charge in [-0.3, -0.25) is 18.5 Å². The van der Waals surface area contributed by atoms with Gasteiger partial charge >= 0.3 is 5.69 Å². The van der Waals surface area contributed by atoms with E-state index in [4.69, 9.17) is 4.74 Å². The largest absolute Gasteiger partial charge is 0.387 e. The Morgan fingerprint density at radius 1 is 1.30 bits per heavy atom. The number of nitrogens with zero attached hydrogens (tertiary/aromatic N) is 4. The SMILES string of the molecule is Cn1c(=O)c2c(ncn2[C@@H]2C=C[C@H](O)CO2)n(C)c1=O. The van der Waals surface area contributed by atoms with Gasteiger partial charge in [0.1, 0.15) is 6.33 Å². The summed E-state index contributed by atoms with van der Waals surface area (Å²) in [7, 11) is 2.98. The van der Waals surface area contributed by atoms with Crippen LogP contribution in [-0.2, 0) is 18.8 Å². The van der Waals surface area contributed by atoms with Crippen LogP contribution in [0.2, 0.25) is 0 Å². The monoisotopic (exact) mass is 278 g/mol. The summed E-state index contributed by atoms with van der Waals surface area (Å²) in [5, 5.41) is 9.37. The first-order valence-electron chi connectivity index (χ1n) is 6.11. The Morgan fingerprint density at radius 3 is 2.70 bits per heavy atom. The number of ether oxygens (including phenoxy) is 1. The van der Waals surface area contributed by atoms with Crippen LogP contribution in [0.5, 0.6) is 0 Å². The molecule has 8 heteroatoms. The molecule has 0 aliphatic carbocycles. The van der Waals surface area contributed by atoms with Crippen molar-refractivity contribution in [2.24, 2.45) is 14.1 Å². The topological polar surface area (TPSA) is 91.3 Å². The molecule has 1 aliphatic heterocycles. The van der Waals surface area contributed by atoms with E-state index >= 15 is 0 Å². The van der Waals surface area contributed by atoms with Crippen molar-refractivity contribution in [3.05, 3.63) is 39.3 Å². The van der Waals surface area contributed by atoms with Crippen LogP contribution in [0.4, 0.5) is 0 Å². The van der Waals surface area contributed by atoms with Crippen molar-refractivity contribution >= 4 is 11.2 Å². The van der Waals surface area contributed by atoms with Crippen LogP contribution in [0.25, 0.3) is 11.2 Å². The minimum absolute atomic E-state index is 0.146. The zero-order chi connectivity index (χ0) is 14.4. The summed E-state index contributed by atoms with van der Waals surface area (Å²) in [5.41, 5.74) is -0.256. The first kappa shape index (κ1) is 12.8. The third-order valence-electron chi connectivity index (χ3n) is 3.38. The highest BCUT2D eigenvalue weighted by atomic mass is 16.5. The van der Waals surface area contributed by atoms with E-state index in [0.717, 1.165) is 4.57 Å². The van der Waals surface area contributed by atoms with E-state index in [1.807, 2.05) is 0 Å². The molecule has 0 amide bonds. The highest BCUT2D eigenvalue weighted by Crippen LogP contribution is 2.19. The lowest BCUT2D eigenvalue weighted by atomic mass is 10.2. The van der Waals surface area contributed by atoms with Crippen molar-refractivity contribution in [1.29, 1.82) is 0 Å². The molecule has 2 atom stereocenters. The number of fused-ring (bicyclic) bond motifs is 1. The predicted molar refractivity (Wildman–Crippen MR) is 70.4 cm³/mol. The maximum atomic E-state index is 12.2. The Balaban J connectivity index is 2.27. The second-order valence-electron chi connectivity index (χ2n) is 4.71. The smallest absolute Gasteiger partial charge is 0.332 e. The molecule has 106 valence electrons. The summed E-state index contributed by atoms with van der Waals surface area (Å²) in [6, 6.07) is 0. The first-order chi connectivity index (χ1) is 9.50. The van der Waals surface area contributed by atoms with Gasteiger partial charge in [-0.2, -0.15) is 0 Å². The van der Waals surface area contributed by atoms with Gasteiger partial charge in [0.05, 0.1) is 12.7 Å². The number of hydrogen-bond acceptors (Lipinski definition) is 5. The highest BCUT2D eigenvalue weighted by molar-refractivity contribution is 5.70. The Morgan fingerprint density at radius 2 is 2.05 bits per heavy atom. The van der Waals surface area contributed by atoms with Crippen LogP contribution in [0.15, 0.2) is 28.1 Å². The minimum atomic E-state index is -0.645. The Hall–Kier alpha value is -2.19. The molecule has 1 aliphatic rings. The number of rotatable bonds is 1. The molecule has 3 rings (SSSR count). The summed E-state index contributed by atoms with van der Waals surface area (Å²) in [4.78, 5) is 28.2. The summed E-state index contributed by atoms with van der Waals surface area (Å²) in [6.07, 6.45) is 3.55. The molecule has 3 heterocycles. The Bertz CT molecular complexity index is 813. The molecular formula is C12H14N4O4. The number of aryl methyl sites for hydroxylation is 1. The maximum absolute atomic E-state index is 12.2. The Kier molecular flexibility index (Phi) is 2.84. The summed E-state index contributed by atoms with van der Waals surface area (Å²) < 4.78 is 9.36. The third-order valence-corrected chi connectivity index (χ3v) is 3.38. The summed E-state index contributed by atoms with van der Waals surface area (Å²) in [5.74, 6) is 0. The average molecular weight is 278 g/mol. The van der Waals surface area contributed by atoms with Gasteiger partial charge in [0.15, 0.2) is 17.4 Å². The number of hydrogen-bond donors (Lipinski definition) is 1. The molecule has 1 N–H and O–H groups in total. The predicted octanol–water partition coefficient (Wildman–Crippen LogP) is -1.12. The molecule has 8 nitrogen and oxygen atoms in total. The van der Waals surface area contributed by atoms with Crippen LogP contribution in [-0.4, -0.2) is 36.5 Å². The number of aliphatic hydroxyl groups is 1. The van der Waals surface area contributed by atoms with Crippen LogP contribution in [0.1, 0.15) is 6.23 Å². The highest BCUT2D eigenvalue weighted by Gasteiger charge is 2.21. The van der Waals surface area contributed by atoms with Gasteiger partial charge in [0.2, 0.25) is 0 Å². The zero-order valence-electron chi connectivity index (χ0n) is 11.1. The molecular weight excluding hydrogens is 264 g/mol. The van der Waals surface area contributed by atoms with Crippen LogP contribution in [0, 0.1) is 0 Å². The van der Waals surface area contributed by atoms with Crippen LogP contribution in [0.3, 0.4) is 0 Å². The van der Waals surface area contributed by atoms with Gasteiger partial charge in [-0.1, -0.05) is 6.08 Å². The molecule has 0 saturated heterocycles. The van der Waals surface area contributed by atoms with Gasteiger partial charge in [-0.05, 0) is 6.08 Å². The Labute approximate surface area is 113 Å². The van der Waals surface area contributed by atoms with E-state index in [-0.39, 0.29) is 6.61 Å². The molecule has 0 spiro atoms. The molecule has 2 aromatic heterocycles. The van der Waals surface area contributed by atoms with Crippen molar-refractivity contribution < 1.29 is 9.84 Å². The normalized spacial score (nSPS) is 22.6. The van der Waals surface area contributed by atoms with E-state index in [9.17, 15) is 14.7 Å². The lowest BCUT2D eigenvalue weighted by Crippen LogP contribution is -2.38. The standard InChI is InChI=1S/C12H14N4O4/c1-14-10-9(11(18)15(2)12(14)19)16(6-13-10)8-4-3-7(17)5-20-8/h3-4,6-8,17H,5H2,1-2H3/t7-,8-/m0/s1. The quantitative estimate of drug-likeness (QED) is 0.667.